The van der Waals surface area contributed by atoms with Crippen molar-refractivity contribution in [2.24, 2.45) is 16.7 Å². The minimum atomic E-state index is -0.433. The number of hydrogen-bond donors (Lipinski definition) is 1. The zero-order valence-electron chi connectivity index (χ0n) is 18.2. The Balaban J connectivity index is 1.88. The van der Waals surface area contributed by atoms with Gasteiger partial charge in [-0.05, 0) is 29.4 Å². The maximum Gasteiger partial charge on any atom is 0.230 e. The second kappa shape index (κ2) is 7.77. The number of nitrogens with zero attached hydrogens (tertiary/aromatic N) is 1. The van der Waals surface area contributed by atoms with Crippen LogP contribution in [-0.2, 0) is 14.4 Å². The number of hydrogen-bond acceptors (Lipinski definition) is 3. The highest BCUT2D eigenvalue weighted by Gasteiger charge is 2.33. The number of nitrogens with one attached hydrogen (secondary N) is 1. The van der Waals surface area contributed by atoms with Gasteiger partial charge in [0.2, 0.25) is 17.7 Å². The lowest BCUT2D eigenvalue weighted by Crippen LogP contribution is -2.40. The van der Waals surface area contributed by atoms with Crippen LogP contribution in [0.15, 0.2) is 47.2 Å². The number of carbonyl (C=O) groups excluding carboxylic acids is 3. The highest BCUT2D eigenvalue weighted by molar-refractivity contribution is 6.02. The van der Waals surface area contributed by atoms with Crippen molar-refractivity contribution in [1.82, 2.24) is 10.2 Å². The van der Waals surface area contributed by atoms with Crippen LogP contribution in [0.3, 0.4) is 0 Å². The normalized spacial score (nSPS) is 25.1. The molecule has 1 fully saturated rings. The molecule has 3 aliphatic rings. The molecular formula is C24H32N2O3. The molecule has 0 bridgehead atoms. The Morgan fingerprint density at radius 3 is 2.34 bits per heavy atom. The Hall–Kier alpha value is -2.43. The van der Waals surface area contributed by atoms with E-state index in [0.717, 1.165) is 17.7 Å². The van der Waals surface area contributed by atoms with E-state index in [-0.39, 0.29) is 48.4 Å². The third-order valence-corrected chi connectivity index (χ3v) is 6.00. The van der Waals surface area contributed by atoms with E-state index in [4.69, 9.17) is 0 Å². The van der Waals surface area contributed by atoms with E-state index in [2.05, 4.69) is 50.4 Å². The smallest absolute Gasteiger partial charge is 0.230 e. The van der Waals surface area contributed by atoms with Gasteiger partial charge in [0.25, 0.3) is 0 Å². The summed E-state index contributed by atoms with van der Waals surface area (Å²) in [5.41, 5.74) is 2.72. The first-order valence-electron chi connectivity index (χ1n) is 10.4. The lowest BCUT2D eigenvalue weighted by atomic mass is 9.78. The molecule has 156 valence electrons. The fourth-order valence-electron chi connectivity index (χ4n) is 3.87. The molecule has 0 aromatic carbocycles. The minimum Gasteiger partial charge on any atom is -0.326 e. The molecule has 3 rings (SSSR count). The van der Waals surface area contributed by atoms with Gasteiger partial charge in [0, 0.05) is 36.4 Å². The highest BCUT2D eigenvalue weighted by Crippen LogP contribution is 2.36. The van der Waals surface area contributed by atoms with Gasteiger partial charge in [0.1, 0.15) is 0 Å². The molecule has 0 saturated carbocycles. The Kier molecular flexibility index (Phi) is 5.70. The standard InChI is InChI=1S/C24H32N2O3/c1-23(2,3)17-8-6-16(7-9-17)18(13-15-26-20(27)10-11-21(26)28)19-12-14-24(4,5)22(29)25-19/h6,8-9,12-13,16H,7,10-11,14-15H2,1-5H3,(H,25,29)/b18-13+. The van der Waals surface area contributed by atoms with Gasteiger partial charge in [-0.2, -0.15) is 0 Å². The van der Waals surface area contributed by atoms with Crippen molar-refractivity contribution in [3.8, 4) is 0 Å². The van der Waals surface area contributed by atoms with E-state index < -0.39 is 5.41 Å². The van der Waals surface area contributed by atoms with Crippen molar-refractivity contribution in [2.75, 3.05) is 6.54 Å². The van der Waals surface area contributed by atoms with Gasteiger partial charge >= 0.3 is 0 Å². The predicted molar refractivity (Wildman–Crippen MR) is 113 cm³/mol. The van der Waals surface area contributed by atoms with Crippen molar-refractivity contribution in [3.05, 3.63) is 47.2 Å². The van der Waals surface area contributed by atoms with E-state index in [1.54, 1.807) is 0 Å². The zero-order valence-corrected chi connectivity index (χ0v) is 18.2. The summed E-state index contributed by atoms with van der Waals surface area (Å²) in [5.74, 6) is -0.147. The summed E-state index contributed by atoms with van der Waals surface area (Å²) < 4.78 is 0. The molecule has 0 spiro atoms. The number of imide groups is 1. The Bertz CT molecular complexity index is 834. The summed E-state index contributed by atoms with van der Waals surface area (Å²) in [5, 5.41) is 3.05. The average Bonchev–Trinajstić information content (AvgIpc) is 2.96. The Morgan fingerprint density at radius 1 is 1.17 bits per heavy atom. The minimum absolute atomic E-state index is 0.0000584. The van der Waals surface area contributed by atoms with Gasteiger partial charge in [-0.15, -0.1) is 0 Å². The Labute approximate surface area is 173 Å². The lowest BCUT2D eigenvalue weighted by Gasteiger charge is -2.32. The van der Waals surface area contributed by atoms with Gasteiger partial charge in [0.05, 0.1) is 0 Å². The van der Waals surface area contributed by atoms with Crippen LogP contribution >= 0.6 is 0 Å². The number of amides is 3. The molecule has 1 atom stereocenters. The van der Waals surface area contributed by atoms with E-state index in [9.17, 15) is 14.4 Å². The average molecular weight is 397 g/mol. The molecular weight excluding hydrogens is 364 g/mol. The number of rotatable bonds is 4. The summed E-state index contributed by atoms with van der Waals surface area (Å²) >= 11 is 0. The fraction of sp³-hybridized carbons (Fsp3) is 0.542. The lowest BCUT2D eigenvalue weighted by molar-refractivity contribution is -0.137. The van der Waals surface area contributed by atoms with E-state index >= 15 is 0 Å². The maximum atomic E-state index is 12.5. The first-order chi connectivity index (χ1) is 13.5. The molecule has 0 aromatic heterocycles. The molecule has 2 aliphatic heterocycles. The Morgan fingerprint density at radius 2 is 1.83 bits per heavy atom. The highest BCUT2D eigenvalue weighted by atomic mass is 16.2. The fourth-order valence-corrected chi connectivity index (χ4v) is 3.87. The molecule has 0 aromatic rings. The molecule has 5 nitrogen and oxygen atoms in total. The van der Waals surface area contributed by atoms with E-state index in [1.807, 2.05) is 19.9 Å². The monoisotopic (exact) mass is 396 g/mol. The largest absolute Gasteiger partial charge is 0.326 e. The molecule has 2 heterocycles. The van der Waals surface area contributed by atoms with Crippen LogP contribution < -0.4 is 5.32 Å². The van der Waals surface area contributed by atoms with Crippen molar-refractivity contribution in [2.45, 2.75) is 60.3 Å². The second-order valence-corrected chi connectivity index (χ2v) is 9.83. The summed E-state index contributed by atoms with van der Waals surface area (Å²) in [7, 11) is 0. The first kappa shape index (κ1) is 21.3. The number of likely N-dealkylation sites (tertiary alicyclic amines) is 1. The zero-order chi connectivity index (χ0) is 21.4. The van der Waals surface area contributed by atoms with Gasteiger partial charge in [-0.25, -0.2) is 0 Å². The summed E-state index contributed by atoms with van der Waals surface area (Å²) in [6.45, 7) is 10.7. The quantitative estimate of drug-likeness (QED) is 0.729. The van der Waals surface area contributed by atoms with Crippen LogP contribution in [0.2, 0.25) is 0 Å². The summed E-state index contributed by atoms with van der Waals surface area (Å²) in [4.78, 5) is 37.9. The van der Waals surface area contributed by atoms with Gasteiger partial charge in [-0.3, -0.25) is 19.3 Å². The van der Waals surface area contributed by atoms with Gasteiger partial charge < -0.3 is 5.32 Å². The summed E-state index contributed by atoms with van der Waals surface area (Å²) in [6.07, 6.45) is 12.7. The van der Waals surface area contributed by atoms with Crippen molar-refractivity contribution >= 4 is 17.7 Å². The SMILES string of the molecule is CC(C)(C)C1=CCC(/C(=C\CN2C(=O)CCC2=O)C2=CCC(C)(C)C(=O)N2)C=C1. The molecule has 0 radical (unpaired) electrons. The predicted octanol–water partition coefficient (Wildman–Crippen LogP) is 4.04. The third kappa shape index (κ3) is 4.60. The van der Waals surface area contributed by atoms with Crippen LogP contribution in [-0.4, -0.2) is 29.2 Å². The number of carbonyl (C=O) groups is 3. The topological polar surface area (TPSA) is 66.5 Å². The van der Waals surface area contributed by atoms with Crippen LogP contribution in [0.5, 0.6) is 0 Å². The second-order valence-electron chi connectivity index (χ2n) is 9.83. The molecule has 5 heteroatoms. The molecule has 1 saturated heterocycles. The molecule has 1 aliphatic carbocycles. The van der Waals surface area contributed by atoms with Crippen molar-refractivity contribution in [3.63, 3.8) is 0 Å². The van der Waals surface area contributed by atoms with Gasteiger partial charge in [-0.1, -0.05) is 65.0 Å². The van der Waals surface area contributed by atoms with Crippen LogP contribution in [0, 0.1) is 16.7 Å². The summed E-state index contributed by atoms with van der Waals surface area (Å²) in [6, 6.07) is 0. The third-order valence-electron chi connectivity index (χ3n) is 6.00. The first-order valence-corrected chi connectivity index (χ1v) is 10.4. The molecule has 1 N–H and O–H groups in total. The van der Waals surface area contributed by atoms with Crippen molar-refractivity contribution in [1.29, 1.82) is 0 Å². The molecule has 1 unspecified atom stereocenters. The molecule has 3 amide bonds. The van der Waals surface area contributed by atoms with Crippen LogP contribution in [0.1, 0.15) is 60.3 Å². The van der Waals surface area contributed by atoms with Crippen LogP contribution in [0.4, 0.5) is 0 Å². The maximum absolute atomic E-state index is 12.5. The van der Waals surface area contributed by atoms with E-state index in [1.165, 1.54) is 10.5 Å². The van der Waals surface area contributed by atoms with Crippen molar-refractivity contribution < 1.29 is 14.4 Å². The van der Waals surface area contributed by atoms with Gasteiger partial charge in [0.15, 0.2) is 0 Å². The van der Waals surface area contributed by atoms with Crippen LogP contribution in [0.25, 0.3) is 0 Å². The van der Waals surface area contributed by atoms with E-state index in [0.29, 0.717) is 6.42 Å². The molecule has 29 heavy (non-hydrogen) atoms. The number of allylic oxidation sites excluding steroid dienone is 6.